The Hall–Kier alpha value is -4.12. The number of hydrogen-bond acceptors (Lipinski definition) is 9. The van der Waals surface area contributed by atoms with Gasteiger partial charge in [0.15, 0.2) is 5.82 Å². The Bertz CT molecular complexity index is 1140. The van der Waals surface area contributed by atoms with Crippen molar-refractivity contribution < 1.29 is 23.8 Å². The first-order valence-corrected chi connectivity index (χ1v) is 10.7. The van der Waals surface area contributed by atoms with E-state index in [0.29, 0.717) is 23.9 Å². The first kappa shape index (κ1) is 23.1. The summed E-state index contributed by atoms with van der Waals surface area (Å²) in [6.45, 7) is 3.67. The van der Waals surface area contributed by atoms with Crippen LogP contribution in [0.25, 0.3) is 0 Å². The summed E-state index contributed by atoms with van der Waals surface area (Å²) in [5.74, 6) is 0.615. The number of nitrogens with zero attached hydrogens (tertiary/aromatic N) is 5. The van der Waals surface area contributed by atoms with Crippen LogP contribution in [0.2, 0.25) is 0 Å². The van der Waals surface area contributed by atoms with Crippen LogP contribution in [0.1, 0.15) is 34.2 Å². The Kier molecular flexibility index (Phi) is 7.23. The van der Waals surface area contributed by atoms with Crippen molar-refractivity contribution in [3.63, 3.8) is 0 Å². The minimum Gasteiger partial charge on any atom is -0.488 e. The summed E-state index contributed by atoms with van der Waals surface area (Å²) >= 11 is 0. The van der Waals surface area contributed by atoms with Gasteiger partial charge in [-0.1, -0.05) is 0 Å². The fourth-order valence-electron chi connectivity index (χ4n) is 3.16. The van der Waals surface area contributed by atoms with Crippen molar-refractivity contribution in [3.05, 3.63) is 60.4 Å². The Morgan fingerprint density at radius 2 is 1.88 bits per heavy atom. The van der Waals surface area contributed by atoms with Crippen LogP contribution in [-0.4, -0.2) is 69.6 Å². The number of methoxy groups -OCH3 is 1. The van der Waals surface area contributed by atoms with Gasteiger partial charge in [0.05, 0.1) is 25.2 Å². The molecule has 4 rings (SSSR count). The van der Waals surface area contributed by atoms with Gasteiger partial charge in [-0.15, -0.1) is 0 Å². The van der Waals surface area contributed by atoms with Crippen LogP contribution in [0.5, 0.6) is 17.4 Å². The van der Waals surface area contributed by atoms with Gasteiger partial charge < -0.3 is 24.4 Å². The van der Waals surface area contributed by atoms with E-state index in [1.165, 1.54) is 31.0 Å². The van der Waals surface area contributed by atoms with Crippen molar-refractivity contribution in [2.45, 2.75) is 19.4 Å². The third-order valence-corrected chi connectivity index (χ3v) is 4.90. The molecule has 3 heterocycles. The molecule has 1 saturated heterocycles. The molecule has 0 radical (unpaired) electrons. The molecule has 1 fully saturated rings. The predicted octanol–water partition coefficient (Wildman–Crippen LogP) is 2.57. The molecule has 11 heteroatoms. The summed E-state index contributed by atoms with van der Waals surface area (Å²) in [4.78, 5) is 43.1. The Morgan fingerprint density at radius 1 is 1.06 bits per heavy atom. The molecule has 11 nitrogen and oxygen atoms in total. The van der Waals surface area contributed by atoms with Crippen molar-refractivity contribution in [2.75, 3.05) is 32.1 Å². The van der Waals surface area contributed by atoms with E-state index in [1.807, 2.05) is 6.92 Å². The molecule has 0 bridgehead atoms. The monoisotopic (exact) mass is 464 g/mol. The van der Waals surface area contributed by atoms with Gasteiger partial charge in [-0.3, -0.25) is 14.6 Å². The van der Waals surface area contributed by atoms with Gasteiger partial charge in [-0.2, -0.15) is 0 Å². The highest BCUT2D eigenvalue weighted by molar-refractivity contribution is 6.04. The zero-order valence-corrected chi connectivity index (χ0v) is 18.8. The van der Waals surface area contributed by atoms with E-state index in [-0.39, 0.29) is 29.1 Å². The standard InChI is InChI=1S/C23H24N6O5/c1-15(14-32-2)33-17-8-16(22(30)28-20-12-24-4-5-25-20)9-18(10-17)34-21-13-26-19(11-27-21)23(31)29-6-3-7-29/h4-5,8-13,15H,3,6-7,14H2,1-2H3,(H,25,28,30)/t15-/m0/s1. The molecule has 0 unspecified atom stereocenters. The maximum absolute atomic E-state index is 12.8. The molecule has 2 aromatic heterocycles. The number of carbonyl (C=O) groups is 2. The molecule has 1 aromatic carbocycles. The predicted molar refractivity (Wildman–Crippen MR) is 121 cm³/mol. The molecule has 0 spiro atoms. The third-order valence-electron chi connectivity index (χ3n) is 4.90. The molecule has 3 aromatic rings. The van der Waals surface area contributed by atoms with Crippen LogP contribution < -0.4 is 14.8 Å². The highest BCUT2D eigenvalue weighted by atomic mass is 16.5. The van der Waals surface area contributed by atoms with E-state index in [9.17, 15) is 9.59 Å². The van der Waals surface area contributed by atoms with Gasteiger partial charge in [0.2, 0.25) is 5.88 Å². The number of amides is 2. The zero-order chi connectivity index (χ0) is 23.9. The first-order chi connectivity index (χ1) is 16.5. The topological polar surface area (TPSA) is 129 Å². The molecule has 2 amide bonds. The summed E-state index contributed by atoms with van der Waals surface area (Å²) < 4.78 is 16.8. The molecular weight excluding hydrogens is 440 g/mol. The normalized spacial score (nSPS) is 13.5. The highest BCUT2D eigenvalue weighted by Gasteiger charge is 2.23. The van der Waals surface area contributed by atoms with Crippen LogP contribution in [0.3, 0.4) is 0 Å². The second-order valence-electron chi connectivity index (χ2n) is 7.61. The van der Waals surface area contributed by atoms with Gasteiger partial charge >= 0.3 is 0 Å². The fourth-order valence-corrected chi connectivity index (χ4v) is 3.16. The third kappa shape index (κ3) is 5.81. The van der Waals surface area contributed by atoms with E-state index < -0.39 is 5.91 Å². The van der Waals surface area contributed by atoms with E-state index >= 15 is 0 Å². The van der Waals surface area contributed by atoms with Gasteiger partial charge in [-0.05, 0) is 25.5 Å². The lowest BCUT2D eigenvalue weighted by Gasteiger charge is -2.30. The van der Waals surface area contributed by atoms with Gasteiger partial charge in [0.25, 0.3) is 11.8 Å². The Labute approximate surface area is 196 Å². The SMILES string of the molecule is COC[C@H](C)Oc1cc(Oc2cnc(C(=O)N3CCC3)cn2)cc(C(=O)Nc2cnccn2)c1. The van der Waals surface area contributed by atoms with Crippen LogP contribution >= 0.6 is 0 Å². The number of likely N-dealkylation sites (tertiary alicyclic amines) is 1. The van der Waals surface area contributed by atoms with E-state index in [1.54, 1.807) is 30.2 Å². The van der Waals surface area contributed by atoms with Crippen LogP contribution in [-0.2, 0) is 4.74 Å². The van der Waals surface area contributed by atoms with Gasteiger partial charge in [0.1, 0.15) is 23.3 Å². The number of benzene rings is 1. The average Bonchev–Trinajstić information content (AvgIpc) is 2.79. The maximum atomic E-state index is 12.8. The quantitative estimate of drug-likeness (QED) is 0.508. The van der Waals surface area contributed by atoms with Crippen molar-refractivity contribution in [3.8, 4) is 17.4 Å². The molecular formula is C23H24N6O5. The number of aromatic nitrogens is 4. The van der Waals surface area contributed by atoms with Crippen LogP contribution in [0, 0.1) is 0 Å². The second kappa shape index (κ2) is 10.7. The minimum atomic E-state index is -0.420. The molecule has 1 aliphatic rings. The fraction of sp³-hybridized carbons (Fsp3) is 0.304. The number of ether oxygens (including phenoxy) is 3. The van der Waals surface area contributed by atoms with Crippen LogP contribution in [0.15, 0.2) is 49.2 Å². The van der Waals surface area contributed by atoms with E-state index in [2.05, 4.69) is 25.3 Å². The number of carbonyl (C=O) groups excluding carboxylic acids is 2. The lowest BCUT2D eigenvalue weighted by Crippen LogP contribution is -2.42. The summed E-state index contributed by atoms with van der Waals surface area (Å²) in [7, 11) is 1.58. The summed E-state index contributed by atoms with van der Waals surface area (Å²) in [6, 6.07) is 4.76. The average molecular weight is 464 g/mol. The molecule has 34 heavy (non-hydrogen) atoms. The van der Waals surface area contributed by atoms with Crippen LogP contribution in [0.4, 0.5) is 5.82 Å². The zero-order valence-electron chi connectivity index (χ0n) is 18.8. The Balaban J connectivity index is 1.54. The first-order valence-electron chi connectivity index (χ1n) is 10.7. The molecule has 1 atom stereocenters. The molecule has 1 aliphatic heterocycles. The largest absolute Gasteiger partial charge is 0.488 e. The summed E-state index contributed by atoms with van der Waals surface area (Å²) in [5, 5.41) is 2.68. The minimum absolute atomic E-state index is 0.157. The summed E-state index contributed by atoms with van der Waals surface area (Å²) in [5.41, 5.74) is 0.530. The number of anilines is 1. The van der Waals surface area contributed by atoms with Crippen molar-refractivity contribution in [1.29, 1.82) is 0 Å². The van der Waals surface area contributed by atoms with Crippen molar-refractivity contribution in [1.82, 2.24) is 24.8 Å². The van der Waals surface area contributed by atoms with E-state index in [0.717, 1.165) is 19.5 Å². The maximum Gasteiger partial charge on any atom is 0.274 e. The van der Waals surface area contributed by atoms with E-state index in [4.69, 9.17) is 14.2 Å². The number of rotatable bonds is 9. The summed E-state index contributed by atoms with van der Waals surface area (Å²) in [6.07, 6.45) is 7.90. The number of nitrogens with one attached hydrogen (secondary N) is 1. The molecule has 1 N–H and O–H groups in total. The van der Waals surface area contributed by atoms with Crippen molar-refractivity contribution in [2.24, 2.45) is 0 Å². The lowest BCUT2D eigenvalue weighted by molar-refractivity contribution is 0.0645. The number of hydrogen-bond donors (Lipinski definition) is 1. The van der Waals surface area contributed by atoms with Gasteiger partial charge in [0, 0.05) is 44.2 Å². The lowest BCUT2D eigenvalue weighted by atomic mass is 10.2. The van der Waals surface area contributed by atoms with Crippen molar-refractivity contribution >= 4 is 17.6 Å². The molecule has 176 valence electrons. The molecule has 0 aliphatic carbocycles. The Morgan fingerprint density at radius 3 is 2.53 bits per heavy atom. The molecule has 0 saturated carbocycles. The van der Waals surface area contributed by atoms with Gasteiger partial charge in [-0.25, -0.2) is 15.0 Å². The highest BCUT2D eigenvalue weighted by Crippen LogP contribution is 2.28. The smallest absolute Gasteiger partial charge is 0.274 e. The second-order valence-corrected chi connectivity index (χ2v) is 7.61.